The van der Waals surface area contributed by atoms with Gasteiger partial charge in [0.2, 0.25) is 5.75 Å². The van der Waals surface area contributed by atoms with Crippen LogP contribution in [0.15, 0.2) is 24.5 Å². The molecule has 0 amide bonds. The average molecular weight is 266 g/mol. The van der Waals surface area contributed by atoms with Crippen LogP contribution in [-0.4, -0.2) is 24.1 Å². The predicted molar refractivity (Wildman–Crippen MR) is 67.8 cm³/mol. The Morgan fingerprint density at radius 1 is 1.16 bits per heavy atom. The largest absolute Gasteiger partial charge is 0.490 e. The fourth-order valence-corrected chi connectivity index (χ4v) is 1.55. The third kappa shape index (κ3) is 2.70. The summed E-state index contributed by atoms with van der Waals surface area (Å²) in [5.74, 6) is -0.274. The minimum atomic E-state index is -0.716. The SMILES string of the molecule is CNc1ncnc(Nc2ccc(F)cc2F)c1OC. The summed E-state index contributed by atoms with van der Waals surface area (Å²) in [4.78, 5) is 7.94. The van der Waals surface area contributed by atoms with E-state index in [1.807, 2.05) is 0 Å². The van der Waals surface area contributed by atoms with Crippen LogP contribution >= 0.6 is 0 Å². The van der Waals surface area contributed by atoms with Gasteiger partial charge in [-0.3, -0.25) is 0 Å². The minimum absolute atomic E-state index is 0.0976. The molecular formula is C12H12F2N4O. The highest BCUT2D eigenvalue weighted by Gasteiger charge is 2.13. The van der Waals surface area contributed by atoms with E-state index in [-0.39, 0.29) is 11.5 Å². The van der Waals surface area contributed by atoms with E-state index in [9.17, 15) is 8.78 Å². The van der Waals surface area contributed by atoms with Crippen LogP contribution in [0.1, 0.15) is 0 Å². The maximum absolute atomic E-state index is 13.6. The maximum Gasteiger partial charge on any atom is 0.204 e. The molecule has 0 saturated carbocycles. The Kier molecular flexibility index (Phi) is 3.74. The van der Waals surface area contributed by atoms with E-state index >= 15 is 0 Å². The summed E-state index contributed by atoms with van der Waals surface area (Å²) < 4.78 is 31.5. The molecule has 0 saturated heterocycles. The number of ether oxygens (including phenoxy) is 1. The standard InChI is InChI=1S/C12H12F2N4O/c1-15-11-10(19-2)12(17-6-16-11)18-9-4-3-7(13)5-8(9)14/h3-6H,1-2H3,(H2,15,16,17,18). The minimum Gasteiger partial charge on any atom is -0.490 e. The van der Waals surface area contributed by atoms with E-state index in [2.05, 4.69) is 20.6 Å². The van der Waals surface area contributed by atoms with E-state index < -0.39 is 11.6 Å². The highest BCUT2D eigenvalue weighted by molar-refractivity contribution is 5.69. The normalized spacial score (nSPS) is 10.1. The van der Waals surface area contributed by atoms with Crippen LogP contribution in [0.2, 0.25) is 0 Å². The molecule has 0 unspecified atom stereocenters. The molecule has 0 radical (unpaired) electrons. The summed E-state index contributed by atoms with van der Waals surface area (Å²) in [5, 5.41) is 5.56. The Morgan fingerprint density at radius 3 is 2.53 bits per heavy atom. The fourth-order valence-electron chi connectivity index (χ4n) is 1.55. The third-order valence-electron chi connectivity index (χ3n) is 2.43. The van der Waals surface area contributed by atoms with Crippen molar-refractivity contribution in [3.05, 3.63) is 36.2 Å². The van der Waals surface area contributed by atoms with Crippen LogP contribution in [0.4, 0.5) is 26.1 Å². The lowest BCUT2D eigenvalue weighted by Gasteiger charge is -2.13. The van der Waals surface area contributed by atoms with Crippen LogP contribution in [0.3, 0.4) is 0 Å². The topological polar surface area (TPSA) is 59.1 Å². The van der Waals surface area contributed by atoms with Crippen molar-refractivity contribution in [1.82, 2.24) is 9.97 Å². The number of halogens is 2. The van der Waals surface area contributed by atoms with Crippen molar-refractivity contribution in [2.75, 3.05) is 24.8 Å². The van der Waals surface area contributed by atoms with Gasteiger partial charge >= 0.3 is 0 Å². The number of anilines is 3. The molecule has 0 aliphatic heterocycles. The number of methoxy groups -OCH3 is 1. The Morgan fingerprint density at radius 2 is 1.89 bits per heavy atom. The fraction of sp³-hybridized carbons (Fsp3) is 0.167. The molecule has 1 heterocycles. The lowest BCUT2D eigenvalue weighted by Crippen LogP contribution is -2.04. The molecule has 0 spiro atoms. The Bertz CT molecular complexity index is 592. The molecule has 2 rings (SSSR count). The van der Waals surface area contributed by atoms with Gasteiger partial charge in [0.1, 0.15) is 18.0 Å². The Hall–Kier alpha value is -2.44. The van der Waals surface area contributed by atoms with Crippen LogP contribution in [0, 0.1) is 11.6 Å². The van der Waals surface area contributed by atoms with Crippen molar-refractivity contribution >= 4 is 17.3 Å². The van der Waals surface area contributed by atoms with Crippen molar-refractivity contribution in [2.24, 2.45) is 0 Å². The van der Waals surface area contributed by atoms with E-state index in [0.29, 0.717) is 11.6 Å². The maximum atomic E-state index is 13.6. The number of rotatable bonds is 4. The molecule has 0 aliphatic carbocycles. The number of aromatic nitrogens is 2. The molecule has 2 aromatic rings. The van der Waals surface area contributed by atoms with Gasteiger partial charge in [0.15, 0.2) is 11.6 Å². The summed E-state index contributed by atoms with van der Waals surface area (Å²) >= 11 is 0. The van der Waals surface area contributed by atoms with Gasteiger partial charge in [-0.2, -0.15) is 0 Å². The first kappa shape index (κ1) is 13.0. The number of hydrogen-bond acceptors (Lipinski definition) is 5. The van der Waals surface area contributed by atoms with Crippen LogP contribution in [0.25, 0.3) is 0 Å². The molecule has 100 valence electrons. The van der Waals surface area contributed by atoms with Crippen molar-refractivity contribution in [2.45, 2.75) is 0 Å². The van der Waals surface area contributed by atoms with Gasteiger partial charge in [0, 0.05) is 13.1 Å². The molecule has 0 aliphatic rings. The van der Waals surface area contributed by atoms with Gasteiger partial charge in [0.25, 0.3) is 0 Å². The van der Waals surface area contributed by atoms with Crippen molar-refractivity contribution < 1.29 is 13.5 Å². The smallest absolute Gasteiger partial charge is 0.204 e. The first-order chi connectivity index (χ1) is 9.15. The summed E-state index contributed by atoms with van der Waals surface area (Å²) in [6, 6.07) is 3.22. The average Bonchev–Trinajstić information content (AvgIpc) is 2.41. The first-order valence-corrected chi connectivity index (χ1v) is 5.44. The van der Waals surface area contributed by atoms with Gasteiger partial charge in [-0.05, 0) is 12.1 Å². The molecule has 19 heavy (non-hydrogen) atoms. The summed E-state index contributed by atoms with van der Waals surface area (Å²) in [6.45, 7) is 0. The lowest BCUT2D eigenvalue weighted by atomic mass is 10.3. The highest BCUT2D eigenvalue weighted by Crippen LogP contribution is 2.31. The van der Waals surface area contributed by atoms with Gasteiger partial charge < -0.3 is 15.4 Å². The second-order valence-corrected chi connectivity index (χ2v) is 3.60. The van der Waals surface area contributed by atoms with Gasteiger partial charge in [0.05, 0.1) is 12.8 Å². The summed E-state index contributed by atoms with van der Waals surface area (Å²) in [5.41, 5.74) is 0.0976. The zero-order valence-corrected chi connectivity index (χ0v) is 10.4. The molecule has 1 aromatic carbocycles. The molecular weight excluding hydrogens is 254 g/mol. The molecule has 0 fully saturated rings. The quantitative estimate of drug-likeness (QED) is 0.890. The molecule has 5 nitrogen and oxygen atoms in total. The zero-order chi connectivity index (χ0) is 13.8. The van der Waals surface area contributed by atoms with E-state index in [0.717, 1.165) is 12.1 Å². The number of hydrogen-bond donors (Lipinski definition) is 2. The number of benzene rings is 1. The van der Waals surface area contributed by atoms with E-state index in [1.165, 1.54) is 19.5 Å². The Balaban J connectivity index is 2.37. The van der Waals surface area contributed by atoms with Crippen molar-refractivity contribution in [3.8, 4) is 5.75 Å². The predicted octanol–water partition coefficient (Wildman–Crippen LogP) is 2.55. The van der Waals surface area contributed by atoms with Crippen LogP contribution < -0.4 is 15.4 Å². The van der Waals surface area contributed by atoms with E-state index in [4.69, 9.17) is 4.74 Å². The Labute approximate surface area is 108 Å². The monoisotopic (exact) mass is 266 g/mol. The van der Waals surface area contributed by atoms with Gasteiger partial charge in [-0.25, -0.2) is 18.7 Å². The lowest BCUT2D eigenvalue weighted by molar-refractivity contribution is 0.415. The van der Waals surface area contributed by atoms with E-state index in [1.54, 1.807) is 7.05 Å². The molecule has 7 heteroatoms. The van der Waals surface area contributed by atoms with Crippen LogP contribution in [-0.2, 0) is 0 Å². The highest BCUT2D eigenvalue weighted by atomic mass is 19.1. The van der Waals surface area contributed by atoms with Crippen molar-refractivity contribution in [3.63, 3.8) is 0 Å². The molecule has 0 atom stereocenters. The summed E-state index contributed by atoms with van der Waals surface area (Å²) in [6.07, 6.45) is 1.30. The first-order valence-electron chi connectivity index (χ1n) is 5.44. The molecule has 1 aromatic heterocycles. The molecule has 0 bridgehead atoms. The van der Waals surface area contributed by atoms with Crippen molar-refractivity contribution in [1.29, 1.82) is 0 Å². The summed E-state index contributed by atoms with van der Waals surface area (Å²) in [7, 11) is 3.12. The number of nitrogens with zero attached hydrogens (tertiary/aromatic N) is 2. The number of nitrogens with one attached hydrogen (secondary N) is 2. The second kappa shape index (κ2) is 5.47. The zero-order valence-electron chi connectivity index (χ0n) is 10.4. The third-order valence-corrected chi connectivity index (χ3v) is 2.43. The second-order valence-electron chi connectivity index (χ2n) is 3.60. The molecule has 2 N–H and O–H groups in total. The van der Waals surface area contributed by atoms with Gasteiger partial charge in [-0.15, -0.1) is 0 Å². The van der Waals surface area contributed by atoms with Gasteiger partial charge in [-0.1, -0.05) is 0 Å². The van der Waals surface area contributed by atoms with Crippen LogP contribution in [0.5, 0.6) is 5.75 Å².